The Morgan fingerprint density at radius 2 is 0.900 bits per heavy atom. The van der Waals surface area contributed by atoms with Gasteiger partial charge in [-0.1, -0.05) is 117 Å². The lowest BCUT2D eigenvalue weighted by Gasteiger charge is -2.17. The topological polar surface area (TPSA) is 56.8 Å². The summed E-state index contributed by atoms with van der Waals surface area (Å²) in [5, 5.41) is 0. The van der Waals surface area contributed by atoms with E-state index in [1.807, 2.05) is 0 Å². The molecule has 0 spiro atoms. The maximum absolute atomic E-state index is 12.6. The van der Waals surface area contributed by atoms with Crippen LogP contribution >= 0.6 is 7.82 Å². The first-order valence-corrected chi connectivity index (χ1v) is 14.4. The van der Waals surface area contributed by atoms with E-state index in [1.165, 1.54) is 83.5 Å². The lowest BCUT2D eigenvalue weighted by atomic mass is 10.0. The van der Waals surface area contributed by atoms with Gasteiger partial charge in [0.25, 0.3) is 0 Å². The number of unbranched alkanes of at least 4 members (excludes halogenated alkanes) is 15. The number of hydrogen-bond acceptors (Lipinski definition) is 5. The van der Waals surface area contributed by atoms with Gasteiger partial charge >= 0.3 is 7.82 Å². The Hall–Kier alpha value is 0.0700. The first kappa shape index (κ1) is 30.1. The molecule has 0 fully saturated rings. The molecule has 0 aromatic heterocycles. The molecule has 0 saturated carbocycles. The van der Waals surface area contributed by atoms with Crippen molar-refractivity contribution in [1.29, 1.82) is 0 Å². The van der Waals surface area contributed by atoms with Crippen LogP contribution in [-0.2, 0) is 18.2 Å². The van der Waals surface area contributed by atoms with Gasteiger partial charge in [-0.2, -0.15) is 10.1 Å². The minimum absolute atomic E-state index is 0.403. The molecule has 0 heterocycles. The fraction of sp³-hybridized carbons (Fsp3) is 1.00. The van der Waals surface area contributed by atoms with Gasteiger partial charge in [0.1, 0.15) is 0 Å². The van der Waals surface area contributed by atoms with E-state index in [-0.39, 0.29) is 0 Å². The minimum Gasteiger partial charge on any atom is -0.286 e. The van der Waals surface area contributed by atoms with Crippen LogP contribution in [0.2, 0.25) is 0 Å². The summed E-state index contributed by atoms with van der Waals surface area (Å²) in [5.41, 5.74) is 2.81. The molecule has 30 heavy (non-hydrogen) atoms. The van der Waals surface area contributed by atoms with Gasteiger partial charge in [0, 0.05) is 6.54 Å². The van der Waals surface area contributed by atoms with Gasteiger partial charge in [0.05, 0.1) is 13.2 Å². The van der Waals surface area contributed by atoms with Crippen LogP contribution in [0.1, 0.15) is 136 Å². The van der Waals surface area contributed by atoms with Crippen LogP contribution in [-0.4, -0.2) is 19.8 Å². The third-order valence-electron chi connectivity index (χ3n) is 5.30. The van der Waals surface area contributed by atoms with Gasteiger partial charge < -0.3 is 0 Å². The van der Waals surface area contributed by atoms with Crippen molar-refractivity contribution in [2.75, 3.05) is 19.8 Å². The molecule has 0 radical (unpaired) electrons. The Balaban J connectivity index is 3.52. The van der Waals surface area contributed by atoms with Crippen molar-refractivity contribution in [3.05, 3.63) is 0 Å². The number of hydroxylamine groups is 1. The molecular formula is C24H52NO4P. The largest absolute Gasteiger partial charge is 0.491 e. The van der Waals surface area contributed by atoms with Gasteiger partial charge in [-0.3, -0.25) is 9.05 Å². The van der Waals surface area contributed by atoms with E-state index in [2.05, 4.69) is 26.3 Å². The maximum Gasteiger partial charge on any atom is 0.491 e. The van der Waals surface area contributed by atoms with E-state index in [9.17, 15) is 4.57 Å². The van der Waals surface area contributed by atoms with E-state index in [0.717, 1.165) is 32.1 Å². The summed E-state index contributed by atoms with van der Waals surface area (Å²) < 4.78 is 28.7. The van der Waals surface area contributed by atoms with Crippen LogP contribution in [0.15, 0.2) is 0 Å². The van der Waals surface area contributed by atoms with Crippen molar-refractivity contribution in [1.82, 2.24) is 5.48 Å². The zero-order valence-corrected chi connectivity index (χ0v) is 21.3. The Kier molecular flexibility index (Phi) is 23.8. The molecule has 0 bridgehead atoms. The first-order valence-electron chi connectivity index (χ1n) is 13.0. The highest BCUT2D eigenvalue weighted by atomic mass is 31.2. The monoisotopic (exact) mass is 449 g/mol. The number of hydrogen-bond donors (Lipinski definition) is 1. The third-order valence-corrected chi connectivity index (χ3v) is 6.65. The molecule has 0 atom stereocenters. The summed E-state index contributed by atoms with van der Waals surface area (Å²) >= 11 is 0. The number of rotatable bonds is 25. The zero-order chi connectivity index (χ0) is 22.2. The van der Waals surface area contributed by atoms with Crippen LogP contribution in [0.4, 0.5) is 0 Å². The minimum atomic E-state index is -3.48. The second-order valence-corrected chi connectivity index (χ2v) is 10.00. The smallest absolute Gasteiger partial charge is 0.286 e. The van der Waals surface area contributed by atoms with Crippen molar-refractivity contribution in [2.45, 2.75) is 136 Å². The first-order chi connectivity index (χ1) is 14.7. The van der Waals surface area contributed by atoms with Gasteiger partial charge in [0.15, 0.2) is 0 Å². The second-order valence-electron chi connectivity index (χ2n) is 8.40. The predicted octanol–water partition coefficient (Wildman–Crippen LogP) is 8.73. The Morgan fingerprint density at radius 3 is 1.30 bits per heavy atom. The lowest BCUT2D eigenvalue weighted by molar-refractivity contribution is 0.0694. The van der Waals surface area contributed by atoms with Gasteiger partial charge in [-0.25, -0.2) is 4.57 Å². The Labute approximate surface area is 188 Å². The van der Waals surface area contributed by atoms with Crippen molar-refractivity contribution in [3.8, 4) is 0 Å². The highest BCUT2D eigenvalue weighted by Gasteiger charge is 2.26. The molecule has 0 aliphatic rings. The van der Waals surface area contributed by atoms with Crippen molar-refractivity contribution < 1.29 is 18.2 Å². The number of nitrogens with one attached hydrogen (secondary N) is 1. The molecular weight excluding hydrogens is 397 g/mol. The van der Waals surface area contributed by atoms with Gasteiger partial charge in [-0.05, 0) is 19.3 Å². The van der Waals surface area contributed by atoms with Crippen LogP contribution in [0, 0.1) is 0 Å². The van der Waals surface area contributed by atoms with Crippen LogP contribution in [0.3, 0.4) is 0 Å². The Bertz CT molecular complexity index is 368. The fourth-order valence-corrected chi connectivity index (χ4v) is 4.38. The predicted molar refractivity (Wildman–Crippen MR) is 129 cm³/mol. The van der Waals surface area contributed by atoms with Crippen LogP contribution < -0.4 is 5.48 Å². The summed E-state index contributed by atoms with van der Waals surface area (Å²) in [4.78, 5) is 0. The van der Waals surface area contributed by atoms with Gasteiger partial charge in [0.2, 0.25) is 0 Å². The normalized spacial score (nSPS) is 12.0. The molecule has 1 N–H and O–H groups in total. The Morgan fingerprint density at radius 1 is 0.533 bits per heavy atom. The molecule has 0 unspecified atom stereocenters. The molecule has 5 nitrogen and oxygen atoms in total. The average molecular weight is 450 g/mol. The van der Waals surface area contributed by atoms with Gasteiger partial charge in [-0.15, -0.1) is 0 Å². The van der Waals surface area contributed by atoms with E-state index in [1.54, 1.807) is 0 Å². The number of phosphoric acid groups is 1. The van der Waals surface area contributed by atoms with E-state index in [0.29, 0.717) is 19.8 Å². The summed E-state index contributed by atoms with van der Waals surface area (Å²) in [7, 11) is -3.48. The molecule has 0 aliphatic heterocycles. The quantitative estimate of drug-likeness (QED) is 0.0857. The summed E-state index contributed by atoms with van der Waals surface area (Å²) in [6.07, 6.45) is 22.4. The molecule has 0 aliphatic carbocycles. The second kappa shape index (κ2) is 23.7. The highest BCUT2D eigenvalue weighted by Crippen LogP contribution is 2.48. The third kappa shape index (κ3) is 21.3. The lowest BCUT2D eigenvalue weighted by Crippen LogP contribution is -2.17. The fourth-order valence-electron chi connectivity index (χ4n) is 3.25. The molecule has 182 valence electrons. The molecule has 0 saturated heterocycles. The standard InChI is InChI=1S/C24H52NO4P/c1-4-7-10-11-12-13-14-15-16-17-18-19-20-21-22-25-29-30(26,27-23-8-5-2)28-24-9-6-3/h25H,4-24H2,1-3H3. The van der Waals surface area contributed by atoms with E-state index >= 15 is 0 Å². The molecule has 0 rings (SSSR count). The summed E-state index contributed by atoms with van der Waals surface area (Å²) in [6, 6.07) is 0. The molecule has 0 amide bonds. The zero-order valence-electron chi connectivity index (χ0n) is 20.4. The van der Waals surface area contributed by atoms with Crippen molar-refractivity contribution in [2.24, 2.45) is 0 Å². The van der Waals surface area contributed by atoms with Crippen molar-refractivity contribution in [3.63, 3.8) is 0 Å². The van der Waals surface area contributed by atoms with Crippen LogP contribution in [0.5, 0.6) is 0 Å². The average Bonchev–Trinajstić information content (AvgIpc) is 2.74. The van der Waals surface area contributed by atoms with Crippen LogP contribution in [0.25, 0.3) is 0 Å². The summed E-state index contributed by atoms with van der Waals surface area (Å²) in [6.45, 7) is 7.90. The maximum atomic E-state index is 12.6. The van der Waals surface area contributed by atoms with Crippen molar-refractivity contribution >= 4 is 7.82 Å². The highest BCUT2D eigenvalue weighted by molar-refractivity contribution is 7.48. The van der Waals surface area contributed by atoms with E-state index in [4.69, 9.17) is 13.7 Å². The molecule has 6 heteroatoms. The summed E-state index contributed by atoms with van der Waals surface area (Å²) in [5.74, 6) is 0. The molecule has 0 aromatic rings. The SMILES string of the molecule is CCCCCCCCCCCCCCCCNOP(=O)(OCCCC)OCCCC. The molecule has 0 aromatic carbocycles. The van der Waals surface area contributed by atoms with E-state index < -0.39 is 7.82 Å². The number of phosphoric ester groups is 1.